The Kier molecular flexibility index (Phi) is 5.29. The third-order valence-corrected chi connectivity index (χ3v) is 6.27. The van der Waals surface area contributed by atoms with Gasteiger partial charge in [-0.3, -0.25) is 4.79 Å². The molecule has 5 rings (SSSR count). The van der Waals surface area contributed by atoms with E-state index in [0.29, 0.717) is 5.69 Å². The number of aromatic nitrogens is 2. The first-order valence-corrected chi connectivity index (χ1v) is 11.2. The van der Waals surface area contributed by atoms with Gasteiger partial charge in [0.15, 0.2) is 5.69 Å². The Morgan fingerprint density at radius 2 is 1.65 bits per heavy atom. The summed E-state index contributed by atoms with van der Waals surface area (Å²) in [5.74, 6) is -0.0822. The van der Waals surface area contributed by atoms with Crippen LogP contribution in [0, 0.1) is 6.92 Å². The fourth-order valence-corrected chi connectivity index (χ4v) is 4.54. The molecule has 1 saturated carbocycles. The third kappa shape index (κ3) is 3.98. The number of hydrogen-bond acceptors (Lipinski definition) is 2. The van der Waals surface area contributed by atoms with E-state index in [1.165, 1.54) is 30.0 Å². The summed E-state index contributed by atoms with van der Waals surface area (Å²) in [5.41, 5.74) is 4.55. The Morgan fingerprint density at radius 3 is 2.45 bits per heavy atom. The van der Waals surface area contributed by atoms with E-state index in [-0.39, 0.29) is 11.9 Å². The van der Waals surface area contributed by atoms with Gasteiger partial charge in [-0.2, -0.15) is 5.10 Å². The number of para-hydroxylation sites is 1. The number of amides is 1. The number of hydrogen-bond donors (Lipinski definition) is 1. The van der Waals surface area contributed by atoms with Gasteiger partial charge in [-0.05, 0) is 54.3 Å². The van der Waals surface area contributed by atoms with E-state index >= 15 is 0 Å². The van der Waals surface area contributed by atoms with Crippen molar-refractivity contribution in [1.82, 2.24) is 15.1 Å². The van der Waals surface area contributed by atoms with Gasteiger partial charge in [-0.1, -0.05) is 73.9 Å². The lowest BCUT2D eigenvalue weighted by atomic mass is 9.95. The van der Waals surface area contributed by atoms with Crippen molar-refractivity contribution in [3.63, 3.8) is 0 Å². The summed E-state index contributed by atoms with van der Waals surface area (Å²) in [5, 5.41) is 10.3. The zero-order valence-electron chi connectivity index (χ0n) is 17.8. The van der Waals surface area contributed by atoms with Gasteiger partial charge in [0.2, 0.25) is 0 Å². The van der Waals surface area contributed by atoms with Crippen molar-refractivity contribution < 1.29 is 4.79 Å². The van der Waals surface area contributed by atoms with Gasteiger partial charge in [0.1, 0.15) is 0 Å². The molecule has 1 aliphatic rings. The molecule has 0 spiro atoms. The molecule has 31 heavy (non-hydrogen) atoms. The SMILES string of the molecule is Cc1ccccc1-n1nc(C(=O)NC2CCCCC2)cc1-c1ccc2ccccc2c1. The van der Waals surface area contributed by atoms with Crippen molar-refractivity contribution in [2.75, 3.05) is 0 Å². The number of rotatable bonds is 4. The lowest BCUT2D eigenvalue weighted by Crippen LogP contribution is -2.36. The van der Waals surface area contributed by atoms with Gasteiger partial charge in [-0.25, -0.2) is 4.68 Å². The summed E-state index contributed by atoms with van der Waals surface area (Å²) in [7, 11) is 0. The molecule has 4 aromatic rings. The van der Waals surface area contributed by atoms with E-state index in [2.05, 4.69) is 54.7 Å². The highest BCUT2D eigenvalue weighted by molar-refractivity contribution is 5.94. The molecule has 0 saturated heterocycles. The summed E-state index contributed by atoms with van der Waals surface area (Å²) in [4.78, 5) is 13.1. The maximum absolute atomic E-state index is 13.1. The van der Waals surface area contributed by atoms with E-state index in [0.717, 1.165) is 35.3 Å². The second kappa shape index (κ2) is 8.38. The molecule has 0 aliphatic heterocycles. The standard InChI is InChI=1S/C27H27N3O/c1-19-9-5-8-14-25(19)30-26(22-16-15-20-10-6-7-11-21(20)17-22)18-24(29-30)27(31)28-23-12-3-2-4-13-23/h5-11,14-18,23H,2-4,12-13H2,1H3,(H,28,31). The van der Waals surface area contributed by atoms with Crippen LogP contribution in [0.15, 0.2) is 72.8 Å². The first kappa shape index (κ1) is 19.6. The maximum Gasteiger partial charge on any atom is 0.272 e. The summed E-state index contributed by atoms with van der Waals surface area (Å²) in [6, 6.07) is 25.1. The van der Waals surface area contributed by atoms with Crippen LogP contribution in [0.3, 0.4) is 0 Å². The molecule has 1 amide bonds. The molecule has 1 heterocycles. The van der Waals surface area contributed by atoms with E-state index < -0.39 is 0 Å². The van der Waals surface area contributed by atoms with Gasteiger partial charge in [0.25, 0.3) is 5.91 Å². The summed E-state index contributed by atoms with van der Waals surface area (Å²) >= 11 is 0. The minimum atomic E-state index is -0.0822. The van der Waals surface area contributed by atoms with Crippen LogP contribution < -0.4 is 5.32 Å². The molecule has 0 bridgehead atoms. The fraction of sp³-hybridized carbons (Fsp3) is 0.259. The van der Waals surface area contributed by atoms with Gasteiger partial charge in [-0.15, -0.1) is 0 Å². The molecular formula is C27H27N3O. The predicted molar refractivity (Wildman–Crippen MR) is 126 cm³/mol. The van der Waals surface area contributed by atoms with Crippen molar-refractivity contribution in [3.8, 4) is 16.9 Å². The molecule has 1 N–H and O–H groups in total. The highest BCUT2D eigenvalue weighted by Gasteiger charge is 2.21. The molecule has 4 nitrogen and oxygen atoms in total. The molecule has 0 atom stereocenters. The second-order valence-electron chi connectivity index (χ2n) is 8.48. The lowest BCUT2D eigenvalue weighted by molar-refractivity contribution is 0.0922. The van der Waals surface area contributed by atoms with Gasteiger partial charge in [0.05, 0.1) is 11.4 Å². The number of carbonyl (C=O) groups excluding carboxylic acids is 1. The first-order chi connectivity index (χ1) is 15.2. The summed E-state index contributed by atoms with van der Waals surface area (Å²) in [6.45, 7) is 2.07. The lowest BCUT2D eigenvalue weighted by Gasteiger charge is -2.22. The Hall–Kier alpha value is -3.40. The van der Waals surface area contributed by atoms with Crippen LogP contribution in [-0.2, 0) is 0 Å². The minimum absolute atomic E-state index is 0.0822. The topological polar surface area (TPSA) is 46.9 Å². The molecule has 1 fully saturated rings. The Morgan fingerprint density at radius 1 is 0.903 bits per heavy atom. The number of carbonyl (C=O) groups is 1. The number of aryl methyl sites for hydroxylation is 1. The summed E-state index contributed by atoms with van der Waals surface area (Å²) < 4.78 is 1.91. The van der Waals surface area contributed by atoms with Crippen LogP contribution in [0.25, 0.3) is 27.7 Å². The summed E-state index contributed by atoms with van der Waals surface area (Å²) in [6.07, 6.45) is 5.75. The molecule has 156 valence electrons. The van der Waals surface area contributed by atoms with E-state index in [1.54, 1.807) is 0 Å². The third-order valence-electron chi connectivity index (χ3n) is 6.27. The fourth-order valence-electron chi connectivity index (χ4n) is 4.54. The maximum atomic E-state index is 13.1. The number of fused-ring (bicyclic) bond motifs is 1. The predicted octanol–water partition coefficient (Wildman–Crippen LogP) is 6.06. The van der Waals surface area contributed by atoms with E-state index in [1.807, 2.05) is 35.0 Å². The van der Waals surface area contributed by atoms with Crippen molar-refractivity contribution >= 4 is 16.7 Å². The molecule has 0 unspecified atom stereocenters. The minimum Gasteiger partial charge on any atom is -0.348 e. The van der Waals surface area contributed by atoms with Crippen LogP contribution in [-0.4, -0.2) is 21.7 Å². The monoisotopic (exact) mass is 409 g/mol. The molecular weight excluding hydrogens is 382 g/mol. The van der Waals surface area contributed by atoms with E-state index in [9.17, 15) is 4.79 Å². The van der Waals surface area contributed by atoms with Crippen molar-refractivity contribution in [2.24, 2.45) is 0 Å². The van der Waals surface area contributed by atoms with Gasteiger partial charge in [0, 0.05) is 11.6 Å². The zero-order valence-corrected chi connectivity index (χ0v) is 17.8. The normalized spacial score (nSPS) is 14.6. The molecule has 1 aromatic heterocycles. The zero-order chi connectivity index (χ0) is 21.2. The van der Waals surface area contributed by atoms with Crippen molar-refractivity contribution in [3.05, 3.63) is 84.1 Å². The molecule has 1 aliphatic carbocycles. The number of nitrogens with one attached hydrogen (secondary N) is 1. The van der Waals surface area contributed by atoms with Gasteiger partial charge < -0.3 is 5.32 Å². The highest BCUT2D eigenvalue weighted by Crippen LogP contribution is 2.29. The molecule has 4 heteroatoms. The van der Waals surface area contributed by atoms with E-state index in [4.69, 9.17) is 5.10 Å². The molecule has 0 radical (unpaired) electrons. The van der Waals surface area contributed by atoms with Crippen molar-refractivity contribution in [1.29, 1.82) is 0 Å². The van der Waals surface area contributed by atoms with Crippen LogP contribution in [0.2, 0.25) is 0 Å². The second-order valence-corrected chi connectivity index (χ2v) is 8.48. The van der Waals surface area contributed by atoms with Crippen LogP contribution in [0.4, 0.5) is 0 Å². The first-order valence-electron chi connectivity index (χ1n) is 11.2. The quantitative estimate of drug-likeness (QED) is 0.445. The van der Waals surface area contributed by atoms with Crippen LogP contribution in [0.1, 0.15) is 48.2 Å². The number of benzene rings is 3. The van der Waals surface area contributed by atoms with Crippen LogP contribution >= 0.6 is 0 Å². The van der Waals surface area contributed by atoms with Crippen LogP contribution in [0.5, 0.6) is 0 Å². The van der Waals surface area contributed by atoms with Crippen molar-refractivity contribution in [2.45, 2.75) is 45.1 Å². The Bertz CT molecular complexity index is 1230. The number of nitrogens with zero attached hydrogens (tertiary/aromatic N) is 2. The Labute approximate surface area is 182 Å². The Balaban J connectivity index is 1.58. The average molecular weight is 410 g/mol. The highest BCUT2D eigenvalue weighted by atomic mass is 16.2. The largest absolute Gasteiger partial charge is 0.348 e. The average Bonchev–Trinajstić information content (AvgIpc) is 3.25. The van der Waals surface area contributed by atoms with Gasteiger partial charge >= 0.3 is 0 Å². The smallest absolute Gasteiger partial charge is 0.272 e. The molecule has 3 aromatic carbocycles.